The third-order valence-corrected chi connectivity index (χ3v) is 4.21. The molecule has 0 radical (unpaired) electrons. The molecule has 0 bridgehead atoms. The van der Waals surface area contributed by atoms with Gasteiger partial charge in [-0.15, -0.1) is 11.3 Å². The highest BCUT2D eigenvalue weighted by atomic mass is 32.1. The van der Waals surface area contributed by atoms with E-state index in [0.717, 1.165) is 4.88 Å². The normalized spacial score (nSPS) is 15.5. The van der Waals surface area contributed by atoms with Gasteiger partial charge in [-0.3, -0.25) is 0 Å². The number of nitrogens with zero attached hydrogens (tertiary/aromatic N) is 1. The van der Waals surface area contributed by atoms with Crippen molar-refractivity contribution in [2.45, 2.75) is 6.92 Å². The molecular formula is C17H15NO4S. The quantitative estimate of drug-likeness (QED) is 0.637. The Balaban J connectivity index is 1.96. The summed E-state index contributed by atoms with van der Waals surface area (Å²) < 4.78 is 15.7. The van der Waals surface area contributed by atoms with Crippen LogP contribution in [0.4, 0.5) is 0 Å². The summed E-state index contributed by atoms with van der Waals surface area (Å²) in [4.78, 5) is 18.4. The molecule has 0 saturated carbocycles. The summed E-state index contributed by atoms with van der Waals surface area (Å²) in [6, 6.07) is 9.17. The number of aryl methyl sites for hydroxylation is 1. The second kappa shape index (κ2) is 6.26. The molecule has 0 atom stereocenters. The van der Waals surface area contributed by atoms with Crippen LogP contribution in [0.1, 0.15) is 15.3 Å². The third kappa shape index (κ3) is 3.27. The summed E-state index contributed by atoms with van der Waals surface area (Å²) in [5.41, 5.74) is 0.906. The molecule has 0 saturated heterocycles. The number of aliphatic imine (C=N–C) groups is 1. The zero-order chi connectivity index (χ0) is 16.4. The van der Waals surface area contributed by atoms with E-state index in [4.69, 9.17) is 14.2 Å². The van der Waals surface area contributed by atoms with Crippen LogP contribution >= 0.6 is 11.3 Å². The van der Waals surface area contributed by atoms with E-state index >= 15 is 0 Å². The topological polar surface area (TPSA) is 57.1 Å². The van der Waals surface area contributed by atoms with Gasteiger partial charge in [-0.05, 0) is 37.3 Å². The fourth-order valence-electron chi connectivity index (χ4n) is 2.13. The highest BCUT2D eigenvalue weighted by molar-refractivity contribution is 7.12. The zero-order valence-electron chi connectivity index (χ0n) is 13.0. The van der Waals surface area contributed by atoms with Crippen molar-refractivity contribution in [3.63, 3.8) is 0 Å². The predicted octanol–water partition coefficient (Wildman–Crippen LogP) is 3.42. The van der Waals surface area contributed by atoms with Gasteiger partial charge >= 0.3 is 5.97 Å². The first-order valence-electron chi connectivity index (χ1n) is 6.91. The Hall–Kier alpha value is -2.60. The van der Waals surface area contributed by atoms with E-state index in [9.17, 15) is 4.79 Å². The highest BCUT2D eigenvalue weighted by Crippen LogP contribution is 2.27. The van der Waals surface area contributed by atoms with Crippen molar-refractivity contribution >= 4 is 29.3 Å². The van der Waals surface area contributed by atoms with Crippen molar-refractivity contribution in [1.82, 2.24) is 0 Å². The van der Waals surface area contributed by atoms with E-state index < -0.39 is 5.97 Å². The number of cyclic esters (lactones) is 1. The molecule has 6 heteroatoms. The molecule has 118 valence electrons. The van der Waals surface area contributed by atoms with Crippen molar-refractivity contribution in [3.05, 3.63) is 51.3 Å². The van der Waals surface area contributed by atoms with Gasteiger partial charge in [-0.25, -0.2) is 9.79 Å². The number of rotatable bonds is 4. The number of carbonyl (C=O) groups excluding carboxylic acids is 1. The standard InChI is InChI=1S/C17H15NO4S/c1-10-4-5-14(23-10)9-15-17(19)22-16(18-15)11-6-12(20-2)8-13(7-11)21-3/h4-9H,1-3H3/b15-9-. The SMILES string of the molecule is COc1cc(OC)cc(C2=N/C(=C\c3ccc(C)s3)C(=O)O2)c1. The molecule has 1 aromatic carbocycles. The molecular weight excluding hydrogens is 314 g/mol. The molecule has 0 aliphatic carbocycles. The van der Waals surface area contributed by atoms with E-state index in [0.29, 0.717) is 17.1 Å². The fraction of sp³-hybridized carbons (Fsp3) is 0.176. The summed E-state index contributed by atoms with van der Waals surface area (Å²) in [7, 11) is 3.12. The van der Waals surface area contributed by atoms with Crippen LogP contribution in [0.15, 0.2) is 41.0 Å². The van der Waals surface area contributed by atoms with Crippen LogP contribution in [0.5, 0.6) is 11.5 Å². The van der Waals surface area contributed by atoms with E-state index in [1.54, 1.807) is 49.8 Å². The van der Waals surface area contributed by atoms with Crippen molar-refractivity contribution in [3.8, 4) is 11.5 Å². The number of benzene rings is 1. The Morgan fingerprint density at radius 3 is 2.39 bits per heavy atom. The predicted molar refractivity (Wildman–Crippen MR) is 89.2 cm³/mol. The van der Waals surface area contributed by atoms with Gasteiger partial charge in [0, 0.05) is 21.4 Å². The lowest BCUT2D eigenvalue weighted by atomic mass is 10.2. The minimum absolute atomic E-state index is 0.242. The molecule has 1 aliphatic rings. The van der Waals surface area contributed by atoms with Gasteiger partial charge in [-0.1, -0.05) is 0 Å². The monoisotopic (exact) mass is 329 g/mol. The van der Waals surface area contributed by atoms with E-state index in [2.05, 4.69) is 4.99 Å². The van der Waals surface area contributed by atoms with Crippen molar-refractivity contribution < 1.29 is 19.0 Å². The van der Waals surface area contributed by atoms with Gasteiger partial charge in [-0.2, -0.15) is 0 Å². The maximum absolute atomic E-state index is 12.0. The van der Waals surface area contributed by atoms with Crippen LogP contribution in [0.25, 0.3) is 6.08 Å². The Morgan fingerprint density at radius 2 is 1.83 bits per heavy atom. The minimum atomic E-state index is -0.465. The third-order valence-electron chi connectivity index (χ3n) is 3.26. The summed E-state index contributed by atoms with van der Waals surface area (Å²) in [5, 5.41) is 0. The lowest BCUT2D eigenvalue weighted by Gasteiger charge is -2.07. The van der Waals surface area contributed by atoms with Gasteiger partial charge in [0.25, 0.3) is 0 Å². The molecule has 2 heterocycles. The second-order valence-electron chi connectivity index (χ2n) is 4.89. The number of methoxy groups -OCH3 is 2. The smallest absolute Gasteiger partial charge is 0.363 e. The fourth-order valence-corrected chi connectivity index (χ4v) is 2.94. The minimum Gasteiger partial charge on any atom is -0.497 e. The second-order valence-corrected chi connectivity index (χ2v) is 6.21. The first-order valence-corrected chi connectivity index (χ1v) is 7.73. The molecule has 23 heavy (non-hydrogen) atoms. The lowest BCUT2D eigenvalue weighted by Crippen LogP contribution is -2.06. The van der Waals surface area contributed by atoms with Crippen LogP contribution < -0.4 is 9.47 Å². The molecule has 3 rings (SSSR count). The number of carbonyl (C=O) groups is 1. The molecule has 2 aromatic rings. The van der Waals surface area contributed by atoms with Gasteiger partial charge in [0.1, 0.15) is 11.5 Å². The lowest BCUT2D eigenvalue weighted by molar-refractivity contribution is -0.129. The van der Waals surface area contributed by atoms with Crippen LogP contribution in [0, 0.1) is 6.92 Å². The molecule has 1 aromatic heterocycles. The summed E-state index contributed by atoms with van der Waals surface area (Å²) >= 11 is 1.59. The van der Waals surface area contributed by atoms with Crippen LogP contribution in [-0.2, 0) is 9.53 Å². The average Bonchev–Trinajstić information content (AvgIpc) is 3.13. The van der Waals surface area contributed by atoms with Gasteiger partial charge < -0.3 is 14.2 Å². The first kappa shape index (κ1) is 15.3. The van der Waals surface area contributed by atoms with Gasteiger partial charge in [0.2, 0.25) is 5.90 Å². The largest absolute Gasteiger partial charge is 0.497 e. The van der Waals surface area contributed by atoms with Crippen molar-refractivity contribution in [1.29, 1.82) is 0 Å². The first-order chi connectivity index (χ1) is 11.1. The van der Waals surface area contributed by atoms with E-state index in [-0.39, 0.29) is 11.6 Å². The Bertz CT molecular complexity index is 798. The molecule has 0 amide bonds. The van der Waals surface area contributed by atoms with E-state index in [1.807, 2.05) is 19.1 Å². The van der Waals surface area contributed by atoms with E-state index in [1.165, 1.54) is 4.88 Å². The Labute approximate surface area is 137 Å². The number of esters is 1. The number of thiophene rings is 1. The average molecular weight is 329 g/mol. The highest BCUT2D eigenvalue weighted by Gasteiger charge is 2.25. The maximum Gasteiger partial charge on any atom is 0.363 e. The van der Waals surface area contributed by atoms with Crippen LogP contribution in [-0.4, -0.2) is 26.1 Å². The molecule has 1 aliphatic heterocycles. The van der Waals surface area contributed by atoms with Gasteiger partial charge in [0.05, 0.1) is 14.2 Å². The Morgan fingerprint density at radius 1 is 1.13 bits per heavy atom. The summed E-state index contributed by atoms with van der Waals surface area (Å²) in [5.74, 6) is 0.980. The molecule has 0 N–H and O–H groups in total. The zero-order valence-corrected chi connectivity index (χ0v) is 13.8. The number of hydrogen-bond donors (Lipinski definition) is 0. The maximum atomic E-state index is 12.0. The van der Waals surface area contributed by atoms with Crippen molar-refractivity contribution in [2.24, 2.45) is 4.99 Å². The number of hydrogen-bond acceptors (Lipinski definition) is 6. The van der Waals surface area contributed by atoms with Crippen LogP contribution in [0.3, 0.4) is 0 Å². The molecule has 0 unspecified atom stereocenters. The Kier molecular flexibility index (Phi) is 4.16. The summed E-state index contributed by atoms with van der Waals surface area (Å²) in [6.45, 7) is 2.01. The molecule has 5 nitrogen and oxygen atoms in total. The van der Waals surface area contributed by atoms with Crippen LogP contribution in [0.2, 0.25) is 0 Å². The number of ether oxygens (including phenoxy) is 3. The summed E-state index contributed by atoms with van der Waals surface area (Å²) in [6.07, 6.45) is 1.73. The van der Waals surface area contributed by atoms with Gasteiger partial charge in [0.15, 0.2) is 5.70 Å². The molecule has 0 fully saturated rings. The molecule has 0 spiro atoms. The van der Waals surface area contributed by atoms with Crippen molar-refractivity contribution in [2.75, 3.05) is 14.2 Å².